The van der Waals surface area contributed by atoms with Crippen molar-refractivity contribution in [3.8, 4) is 11.3 Å². The summed E-state index contributed by atoms with van der Waals surface area (Å²) in [6.07, 6.45) is 5.36. The lowest BCUT2D eigenvalue weighted by atomic mass is 9.99. The average molecular weight is 240 g/mol. The van der Waals surface area contributed by atoms with Crippen LogP contribution >= 0.6 is 0 Å². The molecule has 1 N–H and O–H groups in total. The van der Waals surface area contributed by atoms with Gasteiger partial charge in [0.2, 0.25) is 0 Å². The smallest absolute Gasteiger partial charge is 0.336 e. The second kappa shape index (κ2) is 4.22. The Morgan fingerprint density at radius 3 is 2.72 bits per heavy atom. The number of hydrogen-bond donors (Lipinski definition) is 1. The molecule has 0 radical (unpaired) electrons. The zero-order chi connectivity index (χ0) is 12.5. The molecule has 90 valence electrons. The van der Waals surface area contributed by atoms with Crippen molar-refractivity contribution in [1.29, 1.82) is 0 Å². The molecule has 0 atom stereocenters. The Hall–Kier alpha value is -2.23. The molecule has 0 bridgehead atoms. The molecule has 1 aliphatic rings. The standard InChI is InChI=1S/C14H12N2O2/c17-14(18)12-7-10(9-1-2-9)3-4-11(12)13-5-6-15-8-16-13/h3-9H,1-2H2,(H,17,18). The van der Waals surface area contributed by atoms with Crippen molar-refractivity contribution in [3.63, 3.8) is 0 Å². The van der Waals surface area contributed by atoms with Crippen LogP contribution in [0.5, 0.6) is 0 Å². The first-order valence-corrected chi connectivity index (χ1v) is 5.89. The number of carboxylic acids is 1. The van der Waals surface area contributed by atoms with E-state index in [2.05, 4.69) is 9.97 Å². The van der Waals surface area contributed by atoms with Crippen molar-refractivity contribution in [2.75, 3.05) is 0 Å². The lowest BCUT2D eigenvalue weighted by Crippen LogP contribution is -2.01. The van der Waals surface area contributed by atoms with Crippen LogP contribution in [0.25, 0.3) is 11.3 Å². The number of carbonyl (C=O) groups is 1. The summed E-state index contributed by atoms with van der Waals surface area (Å²) >= 11 is 0. The Balaban J connectivity index is 2.11. The van der Waals surface area contributed by atoms with E-state index in [1.165, 1.54) is 6.33 Å². The maximum atomic E-state index is 11.3. The second-order valence-corrected chi connectivity index (χ2v) is 4.48. The molecule has 1 aliphatic carbocycles. The van der Waals surface area contributed by atoms with Gasteiger partial charge in [0.15, 0.2) is 0 Å². The molecule has 4 heteroatoms. The minimum atomic E-state index is -0.911. The van der Waals surface area contributed by atoms with Crippen molar-refractivity contribution >= 4 is 5.97 Å². The Bertz CT molecular complexity index is 592. The number of nitrogens with zero attached hydrogens (tertiary/aromatic N) is 2. The summed E-state index contributed by atoms with van der Waals surface area (Å²) in [7, 11) is 0. The van der Waals surface area contributed by atoms with Crippen LogP contribution in [-0.4, -0.2) is 21.0 Å². The topological polar surface area (TPSA) is 63.1 Å². The number of rotatable bonds is 3. The van der Waals surface area contributed by atoms with Crippen molar-refractivity contribution in [3.05, 3.63) is 47.9 Å². The van der Waals surface area contributed by atoms with Gasteiger partial charge in [0.25, 0.3) is 0 Å². The van der Waals surface area contributed by atoms with E-state index in [0.717, 1.165) is 18.4 Å². The highest BCUT2D eigenvalue weighted by Gasteiger charge is 2.25. The fraction of sp³-hybridized carbons (Fsp3) is 0.214. The van der Waals surface area contributed by atoms with Crippen LogP contribution in [0.2, 0.25) is 0 Å². The molecule has 1 aromatic carbocycles. The van der Waals surface area contributed by atoms with Crippen LogP contribution in [0.4, 0.5) is 0 Å². The summed E-state index contributed by atoms with van der Waals surface area (Å²) < 4.78 is 0. The van der Waals surface area contributed by atoms with E-state index < -0.39 is 5.97 Å². The van der Waals surface area contributed by atoms with Crippen molar-refractivity contribution in [1.82, 2.24) is 9.97 Å². The van der Waals surface area contributed by atoms with Gasteiger partial charge < -0.3 is 5.11 Å². The quantitative estimate of drug-likeness (QED) is 0.895. The first-order valence-electron chi connectivity index (χ1n) is 5.89. The predicted octanol–water partition coefficient (Wildman–Crippen LogP) is 2.72. The van der Waals surface area contributed by atoms with Crippen LogP contribution in [0.1, 0.15) is 34.7 Å². The molecule has 0 saturated heterocycles. The predicted molar refractivity (Wildman–Crippen MR) is 66.4 cm³/mol. The third-order valence-electron chi connectivity index (χ3n) is 3.18. The Morgan fingerprint density at radius 1 is 1.28 bits per heavy atom. The largest absolute Gasteiger partial charge is 0.478 e. The highest BCUT2D eigenvalue weighted by Crippen LogP contribution is 2.41. The van der Waals surface area contributed by atoms with Crippen LogP contribution < -0.4 is 0 Å². The summed E-state index contributed by atoms with van der Waals surface area (Å²) in [6, 6.07) is 7.34. The molecule has 0 aliphatic heterocycles. The summed E-state index contributed by atoms with van der Waals surface area (Å²) in [5.41, 5.74) is 2.72. The van der Waals surface area contributed by atoms with E-state index in [1.807, 2.05) is 12.1 Å². The van der Waals surface area contributed by atoms with Gasteiger partial charge in [-0.15, -0.1) is 0 Å². The molecule has 4 nitrogen and oxygen atoms in total. The van der Waals surface area contributed by atoms with E-state index in [-0.39, 0.29) is 0 Å². The lowest BCUT2D eigenvalue weighted by molar-refractivity contribution is 0.0697. The zero-order valence-electron chi connectivity index (χ0n) is 9.71. The third kappa shape index (κ3) is 1.97. The maximum absolute atomic E-state index is 11.3. The van der Waals surface area contributed by atoms with E-state index >= 15 is 0 Å². The molecule has 0 amide bonds. The summed E-state index contributed by atoms with van der Waals surface area (Å²) in [5, 5.41) is 9.31. The van der Waals surface area contributed by atoms with Gasteiger partial charge in [-0.25, -0.2) is 14.8 Å². The Labute approximate surface area is 104 Å². The van der Waals surface area contributed by atoms with Crippen molar-refractivity contribution in [2.24, 2.45) is 0 Å². The van der Waals surface area contributed by atoms with E-state index in [4.69, 9.17) is 0 Å². The molecule has 1 saturated carbocycles. The maximum Gasteiger partial charge on any atom is 0.336 e. The molecule has 2 aromatic rings. The van der Waals surface area contributed by atoms with Gasteiger partial charge in [0, 0.05) is 11.8 Å². The van der Waals surface area contributed by atoms with Gasteiger partial charge in [-0.1, -0.05) is 12.1 Å². The summed E-state index contributed by atoms with van der Waals surface area (Å²) in [4.78, 5) is 19.3. The molecule has 0 spiro atoms. The van der Waals surface area contributed by atoms with Crippen LogP contribution in [0.15, 0.2) is 36.8 Å². The highest BCUT2D eigenvalue weighted by atomic mass is 16.4. The lowest BCUT2D eigenvalue weighted by Gasteiger charge is -2.07. The minimum absolute atomic E-state index is 0.318. The van der Waals surface area contributed by atoms with E-state index in [9.17, 15) is 9.90 Å². The number of benzene rings is 1. The molecule has 1 fully saturated rings. The summed E-state index contributed by atoms with van der Waals surface area (Å²) in [6.45, 7) is 0. The van der Waals surface area contributed by atoms with Crippen LogP contribution in [0.3, 0.4) is 0 Å². The van der Waals surface area contributed by atoms with Crippen molar-refractivity contribution < 1.29 is 9.90 Å². The fourth-order valence-electron chi connectivity index (χ4n) is 2.08. The first kappa shape index (κ1) is 10.9. The molecule has 1 aromatic heterocycles. The van der Waals surface area contributed by atoms with Crippen LogP contribution in [0, 0.1) is 0 Å². The zero-order valence-corrected chi connectivity index (χ0v) is 9.71. The molecular formula is C14H12N2O2. The molecule has 18 heavy (non-hydrogen) atoms. The van der Waals surface area contributed by atoms with E-state index in [0.29, 0.717) is 22.7 Å². The third-order valence-corrected chi connectivity index (χ3v) is 3.18. The molecule has 1 heterocycles. The number of aromatic carboxylic acids is 1. The van der Waals surface area contributed by atoms with Gasteiger partial charge in [-0.3, -0.25) is 0 Å². The fourth-order valence-corrected chi connectivity index (χ4v) is 2.08. The van der Waals surface area contributed by atoms with Gasteiger partial charge >= 0.3 is 5.97 Å². The van der Waals surface area contributed by atoms with E-state index in [1.54, 1.807) is 18.3 Å². The van der Waals surface area contributed by atoms with Crippen molar-refractivity contribution in [2.45, 2.75) is 18.8 Å². The number of carboxylic acid groups (broad SMARTS) is 1. The second-order valence-electron chi connectivity index (χ2n) is 4.48. The first-order chi connectivity index (χ1) is 8.75. The Morgan fingerprint density at radius 2 is 2.11 bits per heavy atom. The molecular weight excluding hydrogens is 228 g/mol. The normalized spacial score (nSPS) is 14.4. The molecule has 0 unspecified atom stereocenters. The molecule has 3 rings (SSSR count). The van der Waals surface area contributed by atoms with Crippen LogP contribution in [-0.2, 0) is 0 Å². The van der Waals surface area contributed by atoms with Gasteiger partial charge in [-0.05, 0) is 36.5 Å². The SMILES string of the molecule is O=C(O)c1cc(C2CC2)ccc1-c1ccncn1. The number of aromatic nitrogens is 2. The van der Waals surface area contributed by atoms with Gasteiger partial charge in [0.1, 0.15) is 6.33 Å². The van der Waals surface area contributed by atoms with Gasteiger partial charge in [-0.2, -0.15) is 0 Å². The summed E-state index contributed by atoms with van der Waals surface area (Å²) in [5.74, 6) is -0.367. The highest BCUT2D eigenvalue weighted by molar-refractivity contribution is 5.95. The Kier molecular flexibility index (Phi) is 2.55. The van der Waals surface area contributed by atoms with Gasteiger partial charge in [0.05, 0.1) is 11.3 Å². The average Bonchev–Trinajstić information content (AvgIpc) is 3.23. The monoisotopic (exact) mass is 240 g/mol. The minimum Gasteiger partial charge on any atom is -0.478 e. The number of hydrogen-bond acceptors (Lipinski definition) is 3.